The summed E-state index contributed by atoms with van der Waals surface area (Å²) in [6, 6.07) is 7.94. The second-order valence-corrected chi connectivity index (χ2v) is 4.43. The van der Waals surface area contributed by atoms with E-state index in [4.69, 9.17) is 0 Å². The third-order valence-electron chi connectivity index (χ3n) is 2.65. The molecular formula is C11H6N4S. The molecule has 4 rings (SSSR count). The van der Waals surface area contributed by atoms with Crippen molar-refractivity contribution in [2.45, 2.75) is 0 Å². The molecule has 0 amide bonds. The van der Waals surface area contributed by atoms with E-state index in [1.165, 1.54) is 0 Å². The van der Waals surface area contributed by atoms with Crippen molar-refractivity contribution in [2.24, 2.45) is 0 Å². The van der Waals surface area contributed by atoms with Gasteiger partial charge in [0.2, 0.25) is 0 Å². The van der Waals surface area contributed by atoms with E-state index in [9.17, 15) is 0 Å². The van der Waals surface area contributed by atoms with Gasteiger partial charge in [0.05, 0.1) is 5.52 Å². The highest BCUT2D eigenvalue weighted by atomic mass is 32.1. The Hall–Kier alpha value is -2.01. The predicted molar refractivity (Wildman–Crippen MR) is 63.7 cm³/mol. The molecular weight excluding hydrogens is 220 g/mol. The number of imidazole rings is 1. The van der Waals surface area contributed by atoms with Crippen molar-refractivity contribution < 1.29 is 0 Å². The quantitative estimate of drug-likeness (QED) is 0.462. The van der Waals surface area contributed by atoms with Crippen LogP contribution in [-0.4, -0.2) is 19.6 Å². The highest BCUT2D eigenvalue weighted by Gasteiger charge is 2.10. The van der Waals surface area contributed by atoms with E-state index in [1.54, 1.807) is 11.3 Å². The van der Waals surface area contributed by atoms with Gasteiger partial charge in [0.25, 0.3) is 0 Å². The Balaban J connectivity index is 2.36. The summed E-state index contributed by atoms with van der Waals surface area (Å²) < 4.78 is 1.97. The van der Waals surface area contributed by atoms with Gasteiger partial charge in [0.1, 0.15) is 5.52 Å². The van der Waals surface area contributed by atoms with Crippen LogP contribution in [0.25, 0.3) is 27.0 Å². The first kappa shape index (κ1) is 8.18. The number of benzene rings is 1. The first-order valence-electron chi connectivity index (χ1n) is 4.90. The van der Waals surface area contributed by atoms with Gasteiger partial charge < -0.3 is 0 Å². The van der Waals surface area contributed by atoms with E-state index < -0.39 is 0 Å². The molecule has 0 atom stereocenters. The zero-order valence-corrected chi connectivity index (χ0v) is 8.98. The first-order chi connectivity index (χ1) is 7.93. The molecule has 76 valence electrons. The molecule has 0 fully saturated rings. The number of fused-ring (bicyclic) bond motifs is 5. The Morgan fingerprint density at radius 1 is 1.12 bits per heavy atom. The van der Waals surface area contributed by atoms with Gasteiger partial charge in [0, 0.05) is 17.0 Å². The van der Waals surface area contributed by atoms with E-state index in [-0.39, 0.29) is 0 Å². The van der Waals surface area contributed by atoms with Gasteiger partial charge in [-0.2, -0.15) is 0 Å². The number of hydrogen-bond donors (Lipinski definition) is 0. The summed E-state index contributed by atoms with van der Waals surface area (Å²) in [6.45, 7) is 0. The van der Waals surface area contributed by atoms with Crippen LogP contribution >= 0.6 is 11.3 Å². The van der Waals surface area contributed by atoms with Crippen LogP contribution in [0.4, 0.5) is 0 Å². The largest absolute Gasteiger partial charge is 0.273 e. The molecule has 0 spiro atoms. The zero-order valence-electron chi connectivity index (χ0n) is 8.16. The number of nitrogens with zero attached hydrogens (tertiary/aromatic N) is 4. The SMILES string of the molecule is c1ccc2c(c1)nnc1c2nc2sccn21. The van der Waals surface area contributed by atoms with Crippen LogP contribution in [-0.2, 0) is 0 Å². The van der Waals surface area contributed by atoms with Gasteiger partial charge in [-0.3, -0.25) is 4.40 Å². The van der Waals surface area contributed by atoms with Gasteiger partial charge in [-0.15, -0.1) is 21.5 Å². The Kier molecular flexibility index (Phi) is 1.41. The molecule has 4 aromatic rings. The Labute approximate surface area is 94.2 Å². The maximum Gasteiger partial charge on any atom is 0.195 e. The lowest BCUT2D eigenvalue weighted by Gasteiger charge is -1.95. The van der Waals surface area contributed by atoms with E-state index >= 15 is 0 Å². The predicted octanol–water partition coefficient (Wildman–Crippen LogP) is 2.49. The van der Waals surface area contributed by atoms with E-state index in [0.717, 1.165) is 27.0 Å². The van der Waals surface area contributed by atoms with Crippen LogP contribution in [0.5, 0.6) is 0 Å². The highest BCUT2D eigenvalue weighted by molar-refractivity contribution is 7.15. The second-order valence-electron chi connectivity index (χ2n) is 3.56. The third kappa shape index (κ3) is 0.906. The van der Waals surface area contributed by atoms with Crippen molar-refractivity contribution >= 4 is 38.4 Å². The van der Waals surface area contributed by atoms with Crippen LogP contribution in [0.2, 0.25) is 0 Å². The number of rotatable bonds is 0. The standard InChI is InChI=1S/C11H6N4S/c1-2-4-8-7(3-1)9-10(14-13-8)15-5-6-16-11(15)12-9/h1-6H. The van der Waals surface area contributed by atoms with Crippen LogP contribution in [0.3, 0.4) is 0 Å². The molecule has 3 aromatic heterocycles. The molecule has 0 aliphatic rings. The molecule has 4 nitrogen and oxygen atoms in total. The molecule has 0 N–H and O–H groups in total. The minimum atomic E-state index is 0.829. The topological polar surface area (TPSA) is 43.1 Å². The molecule has 0 bridgehead atoms. The normalized spacial score (nSPS) is 11.8. The molecule has 0 unspecified atom stereocenters. The minimum Gasteiger partial charge on any atom is -0.273 e. The van der Waals surface area contributed by atoms with Crippen molar-refractivity contribution in [3.05, 3.63) is 35.8 Å². The average molecular weight is 226 g/mol. The number of aromatic nitrogens is 4. The van der Waals surface area contributed by atoms with Crippen LogP contribution in [0, 0.1) is 0 Å². The zero-order chi connectivity index (χ0) is 10.5. The molecule has 0 aliphatic heterocycles. The van der Waals surface area contributed by atoms with Crippen LogP contribution < -0.4 is 0 Å². The summed E-state index contributed by atoms with van der Waals surface area (Å²) in [7, 11) is 0. The average Bonchev–Trinajstić information content (AvgIpc) is 2.88. The Morgan fingerprint density at radius 3 is 3.06 bits per heavy atom. The van der Waals surface area contributed by atoms with Gasteiger partial charge in [0.15, 0.2) is 10.6 Å². The highest BCUT2D eigenvalue weighted by Crippen LogP contribution is 2.23. The summed E-state index contributed by atoms with van der Waals surface area (Å²) in [4.78, 5) is 5.54. The summed E-state index contributed by atoms with van der Waals surface area (Å²) >= 11 is 1.61. The van der Waals surface area contributed by atoms with E-state index in [0.29, 0.717) is 0 Å². The summed E-state index contributed by atoms with van der Waals surface area (Å²) in [6.07, 6.45) is 1.97. The van der Waals surface area contributed by atoms with Crippen LogP contribution in [0.15, 0.2) is 35.8 Å². The maximum absolute atomic E-state index is 4.58. The first-order valence-corrected chi connectivity index (χ1v) is 5.78. The van der Waals surface area contributed by atoms with Gasteiger partial charge in [-0.1, -0.05) is 18.2 Å². The molecule has 3 heterocycles. The fraction of sp³-hybridized carbons (Fsp3) is 0. The fourth-order valence-electron chi connectivity index (χ4n) is 1.91. The lowest BCUT2D eigenvalue weighted by Crippen LogP contribution is -1.88. The summed E-state index contributed by atoms with van der Waals surface area (Å²) in [5.41, 5.74) is 2.65. The molecule has 0 saturated heterocycles. The monoisotopic (exact) mass is 226 g/mol. The van der Waals surface area contributed by atoms with E-state index in [1.807, 2.05) is 40.2 Å². The van der Waals surface area contributed by atoms with E-state index in [2.05, 4.69) is 15.2 Å². The van der Waals surface area contributed by atoms with Gasteiger partial charge in [-0.25, -0.2) is 4.98 Å². The van der Waals surface area contributed by atoms with Crippen molar-refractivity contribution in [2.75, 3.05) is 0 Å². The minimum absolute atomic E-state index is 0.829. The van der Waals surface area contributed by atoms with Crippen molar-refractivity contribution in [3.63, 3.8) is 0 Å². The smallest absolute Gasteiger partial charge is 0.195 e. The van der Waals surface area contributed by atoms with Crippen molar-refractivity contribution in [1.82, 2.24) is 19.6 Å². The molecule has 16 heavy (non-hydrogen) atoms. The van der Waals surface area contributed by atoms with Gasteiger partial charge in [-0.05, 0) is 6.07 Å². The lowest BCUT2D eigenvalue weighted by atomic mass is 10.2. The summed E-state index contributed by atoms with van der Waals surface area (Å²) in [5.74, 6) is 0. The maximum atomic E-state index is 4.58. The molecule has 1 aromatic carbocycles. The molecule has 0 radical (unpaired) electrons. The fourth-order valence-corrected chi connectivity index (χ4v) is 2.62. The Morgan fingerprint density at radius 2 is 2.06 bits per heavy atom. The summed E-state index contributed by atoms with van der Waals surface area (Å²) in [5, 5.41) is 11.5. The van der Waals surface area contributed by atoms with Crippen molar-refractivity contribution in [3.8, 4) is 0 Å². The second kappa shape index (κ2) is 2.76. The number of hydrogen-bond acceptors (Lipinski definition) is 4. The van der Waals surface area contributed by atoms with Gasteiger partial charge >= 0.3 is 0 Å². The van der Waals surface area contributed by atoms with Crippen molar-refractivity contribution in [1.29, 1.82) is 0 Å². The Bertz CT molecular complexity index is 808. The number of thiazole rings is 1. The molecule has 0 saturated carbocycles. The third-order valence-corrected chi connectivity index (χ3v) is 3.41. The molecule has 5 heteroatoms. The van der Waals surface area contributed by atoms with Crippen LogP contribution in [0.1, 0.15) is 0 Å². The lowest BCUT2D eigenvalue weighted by molar-refractivity contribution is 1.08. The molecule has 0 aliphatic carbocycles.